The third kappa shape index (κ3) is 3.33. The quantitative estimate of drug-likeness (QED) is 0.866. The van der Waals surface area contributed by atoms with Gasteiger partial charge >= 0.3 is 0 Å². The second-order valence-electron chi connectivity index (χ2n) is 6.13. The minimum atomic E-state index is -0.206. The molecule has 1 saturated carbocycles. The highest BCUT2D eigenvalue weighted by Crippen LogP contribution is 2.37. The second kappa shape index (κ2) is 5.30. The van der Waals surface area contributed by atoms with Crippen LogP contribution in [0.3, 0.4) is 0 Å². The van der Waals surface area contributed by atoms with Gasteiger partial charge in [-0.2, -0.15) is 0 Å². The van der Waals surface area contributed by atoms with Crippen LogP contribution >= 0.6 is 15.9 Å². The fourth-order valence-electron chi connectivity index (χ4n) is 3.51. The molecule has 100 valence electrons. The lowest BCUT2D eigenvalue weighted by Crippen LogP contribution is -2.48. The van der Waals surface area contributed by atoms with Crippen molar-refractivity contribution in [2.75, 3.05) is 0 Å². The SMILES string of the molecule is CC1CC(C)CC(N)(Cc2ccc(F)cc2Br)C1. The van der Waals surface area contributed by atoms with Gasteiger partial charge in [-0.1, -0.05) is 35.8 Å². The Kier molecular flexibility index (Phi) is 4.12. The van der Waals surface area contributed by atoms with Crippen LogP contribution in [-0.4, -0.2) is 5.54 Å². The molecule has 2 atom stereocenters. The minimum absolute atomic E-state index is 0.141. The largest absolute Gasteiger partial charge is 0.325 e. The van der Waals surface area contributed by atoms with Crippen LogP contribution < -0.4 is 5.73 Å². The number of hydrogen-bond acceptors (Lipinski definition) is 1. The van der Waals surface area contributed by atoms with Crippen molar-refractivity contribution < 1.29 is 4.39 Å². The fourth-order valence-corrected chi connectivity index (χ4v) is 4.00. The number of benzene rings is 1. The van der Waals surface area contributed by atoms with E-state index in [-0.39, 0.29) is 11.4 Å². The molecule has 3 heteroatoms. The fraction of sp³-hybridized carbons (Fsp3) is 0.600. The molecule has 18 heavy (non-hydrogen) atoms. The van der Waals surface area contributed by atoms with Crippen molar-refractivity contribution in [3.05, 3.63) is 34.1 Å². The Balaban J connectivity index is 2.16. The molecule has 0 bridgehead atoms. The normalized spacial score (nSPS) is 32.5. The van der Waals surface area contributed by atoms with Gasteiger partial charge in [0.2, 0.25) is 0 Å². The summed E-state index contributed by atoms with van der Waals surface area (Å²) in [5, 5.41) is 0. The molecule has 1 nitrogen and oxygen atoms in total. The summed E-state index contributed by atoms with van der Waals surface area (Å²) < 4.78 is 13.9. The van der Waals surface area contributed by atoms with Crippen molar-refractivity contribution in [3.8, 4) is 0 Å². The van der Waals surface area contributed by atoms with Crippen LogP contribution in [0.4, 0.5) is 4.39 Å². The third-order valence-electron chi connectivity index (χ3n) is 3.87. The summed E-state index contributed by atoms with van der Waals surface area (Å²) in [6.07, 6.45) is 4.20. The van der Waals surface area contributed by atoms with Crippen molar-refractivity contribution in [3.63, 3.8) is 0 Å². The topological polar surface area (TPSA) is 26.0 Å². The molecule has 1 fully saturated rings. The predicted octanol–water partition coefficient (Wildman–Crippen LogP) is 4.28. The lowest BCUT2D eigenvalue weighted by molar-refractivity contribution is 0.182. The number of hydrogen-bond donors (Lipinski definition) is 1. The van der Waals surface area contributed by atoms with Crippen molar-refractivity contribution in [2.24, 2.45) is 17.6 Å². The van der Waals surface area contributed by atoms with E-state index in [0.717, 1.165) is 29.3 Å². The Hall–Kier alpha value is -0.410. The van der Waals surface area contributed by atoms with Gasteiger partial charge in [-0.05, 0) is 55.2 Å². The third-order valence-corrected chi connectivity index (χ3v) is 4.61. The molecule has 0 aliphatic heterocycles. The Morgan fingerprint density at radius 3 is 2.50 bits per heavy atom. The van der Waals surface area contributed by atoms with Gasteiger partial charge in [0.25, 0.3) is 0 Å². The lowest BCUT2D eigenvalue weighted by Gasteiger charge is -2.40. The summed E-state index contributed by atoms with van der Waals surface area (Å²) in [7, 11) is 0. The first-order valence-corrected chi connectivity index (χ1v) is 7.40. The van der Waals surface area contributed by atoms with Crippen molar-refractivity contribution in [1.82, 2.24) is 0 Å². The van der Waals surface area contributed by atoms with Crippen molar-refractivity contribution in [2.45, 2.75) is 45.1 Å². The number of rotatable bonds is 2. The molecule has 1 aromatic carbocycles. The smallest absolute Gasteiger partial charge is 0.124 e. The zero-order valence-corrected chi connectivity index (χ0v) is 12.6. The zero-order chi connectivity index (χ0) is 13.3. The van der Waals surface area contributed by atoms with E-state index in [1.165, 1.54) is 18.6 Å². The zero-order valence-electron chi connectivity index (χ0n) is 11.0. The first-order chi connectivity index (χ1) is 8.38. The van der Waals surface area contributed by atoms with Gasteiger partial charge in [-0.25, -0.2) is 4.39 Å². The van der Waals surface area contributed by atoms with Crippen LogP contribution in [0.5, 0.6) is 0 Å². The molecule has 0 heterocycles. The second-order valence-corrected chi connectivity index (χ2v) is 6.98. The predicted molar refractivity (Wildman–Crippen MR) is 76.9 cm³/mol. The average molecular weight is 314 g/mol. The minimum Gasteiger partial charge on any atom is -0.325 e. The molecular weight excluding hydrogens is 293 g/mol. The Morgan fingerprint density at radius 1 is 1.33 bits per heavy atom. The van der Waals surface area contributed by atoms with Gasteiger partial charge in [0, 0.05) is 10.0 Å². The molecule has 2 unspecified atom stereocenters. The van der Waals surface area contributed by atoms with Crippen LogP contribution in [0.2, 0.25) is 0 Å². The lowest BCUT2D eigenvalue weighted by atomic mass is 9.70. The first kappa shape index (κ1) is 14.0. The highest BCUT2D eigenvalue weighted by Gasteiger charge is 2.34. The maximum Gasteiger partial charge on any atom is 0.124 e. The Morgan fingerprint density at radius 2 is 1.94 bits per heavy atom. The highest BCUT2D eigenvalue weighted by molar-refractivity contribution is 9.10. The van der Waals surface area contributed by atoms with Crippen molar-refractivity contribution >= 4 is 15.9 Å². The molecule has 2 N–H and O–H groups in total. The molecule has 0 aromatic heterocycles. The van der Waals surface area contributed by atoms with Gasteiger partial charge in [0.15, 0.2) is 0 Å². The van der Waals surface area contributed by atoms with Gasteiger partial charge in [0.1, 0.15) is 5.82 Å². The van der Waals surface area contributed by atoms with E-state index >= 15 is 0 Å². The maximum absolute atomic E-state index is 13.1. The van der Waals surface area contributed by atoms with E-state index in [4.69, 9.17) is 5.73 Å². The molecule has 1 aliphatic rings. The maximum atomic E-state index is 13.1. The van der Waals surface area contributed by atoms with E-state index < -0.39 is 0 Å². The summed E-state index contributed by atoms with van der Waals surface area (Å²) >= 11 is 3.43. The average Bonchev–Trinajstić information content (AvgIpc) is 2.20. The van der Waals surface area contributed by atoms with Gasteiger partial charge < -0.3 is 5.73 Å². The van der Waals surface area contributed by atoms with Gasteiger partial charge in [0.05, 0.1) is 0 Å². The molecule has 0 saturated heterocycles. The number of nitrogens with two attached hydrogens (primary N) is 1. The molecule has 0 spiro atoms. The van der Waals surface area contributed by atoms with E-state index in [1.807, 2.05) is 6.07 Å². The summed E-state index contributed by atoms with van der Waals surface area (Å²) in [4.78, 5) is 0. The van der Waals surface area contributed by atoms with Crippen LogP contribution in [0, 0.1) is 17.7 Å². The first-order valence-electron chi connectivity index (χ1n) is 6.61. The summed E-state index contributed by atoms with van der Waals surface area (Å²) in [6.45, 7) is 4.55. The van der Waals surface area contributed by atoms with Gasteiger partial charge in [-0.15, -0.1) is 0 Å². The molecule has 0 amide bonds. The summed E-state index contributed by atoms with van der Waals surface area (Å²) in [5.41, 5.74) is 7.53. The van der Waals surface area contributed by atoms with E-state index in [9.17, 15) is 4.39 Å². The molecule has 2 rings (SSSR count). The molecular formula is C15H21BrFN. The van der Waals surface area contributed by atoms with E-state index in [0.29, 0.717) is 11.8 Å². The molecule has 0 radical (unpaired) electrons. The van der Waals surface area contributed by atoms with E-state index in [1.54, 1.807) is 0 Å². The van der Waals surface area contributed by atoms with Crippen LogP contribution in [0.25, 0.3) is 0 Å². The standard InChI is InChI=1S/C15H21BrFN/c1-10-5-11(2)8-15(18,7-10)9-12-3-4-13(17)6-14(12)16/h3-4,6,10-11H,5,7-9,18H2,1-2H3. The Labute approximate surface area is 117 Å². The van der Waals surface area contributed by atoms with E-state index in [2.05, 4.69) is 29.8 Å². The van der Waals surface area contributed by atoms with Crippen LogP contribution in [-0.2, 0) is 6.42 Å². The van der Waals surface area contributed by atoms with Gasteiger partial charge in [-0.3, -0.25) is 0 Å². The van der Waals surface area contributed by atoms with Crippen LogP contribution in [0.15, 0.2) is 22.7 Å². The Bertz CT molecular complexity index is 423. The highest BCUT2D eigenvalue weighted by atomic mass is 79.9. The molecule has 1 aliphatic carbocycles. The monoisotopic (exact) mass is 313 g/mol. The van der Waals surface area contributed by atoms with Crippen LogP contribution in [0.1, 0.15) is 38.7 Å². The van der Waals surface area contributed by atoms with Crippen molar-refractivity contribution in [1.29, 1.82) is 0 Å². The number of halogens is 2. The summed E-state index contributed by atoms with van der Waals surface area (Å²) in [6, 6.07) is 4.88. The summed E-state index contributed by atoms with van der Waals surface area (Å²) in [5.74, 6) is 1.15. The molecule has 1 aromatic rings.